The average Bonchev–Trinajstić information content (AvgIpc) is 2.87. The van der Waals surface area contributed by atoms with Crippen molar-refractivity contribution in [3.8, 4) is 0 Å². The Hall–Kier alpha value is -1.71. The number of imidazole rings is 1. The first-order valence-electron chi connectivity index (χ1n) is 5.61. The smallest absolute Gasteiger partial charge is 0.264 e. The average molecular weight is 389 g/mol. The number of rotatable bonds is 3. The number of fused-ring (bicyclic) bond motifs is 1. The second-order valence-electron chi connectivity index (χ2n) is 4.00. The van der Waals surface area contributed by atoms with Gasteiger partial charge in [0.2, 0.25) is 5.95 Å². The fourth-order valence-electron chi connectivity index (χ4n) is 1.64. The molecule has 0 saturated heterocycles. The molecule has 21 heavy (non-hydrogen) atoms. The van der Waals surface area contributed by atoms with Gasteiger partial charge in [0.1, 0.15) is 5.52 Å². The molecule has 0 unspecified atom stereocenters. The van der Waals surface area contributed by atoms with E-state index >= 15 is 0 Å². The van der Waals surface area contributed by atoms with Crippen LogP contribution in [0.25, 0.3) is 11.2 Å². The number of halogens is 2. The second kappa shape index (κ2) is 5.24. The second-order valence-corrected chi connectivity index (χ2v) is 6.95. The molecule has 2 heterocycles. The number of hydrogen-bond acceptors (Lipinski definition) is 5. The Morgan fingerprint density at radius 2 is 1.90 bits per heavy atom. The van der Waals surface area contributed by atoms with E-state index in [0.717, 1.165) is 4.47 Å². The van der Waals surface area contributed by atoms with Crippen molar-refractivity contribution >= 4 is 54.7 Å². The molecule has 0 spiro atoms. The molecule has 3 rings (SSSR count). The summed E-state index contributed by atoms with van der Waals surface area (Å²) in [6.45, 7) is 0. The highest BCUT2D eigenvalue weighted by molar-refractivity contribution is 9.10. The van der Waals surface area contributed by atoms with Gasteiger partial charge in [-0.2, -0.15) is 9.97 Å². The molecule has 7 nitrogen and oxygen atoms in total. The van der Waals surface area contributed by atoms with Crippen molar-refractivity contribution in [2.75, 3.05) is 4.72 Å². The molecule has 2 N–H and O–H groups in total. The molecule has 0 atom stereocenters. The summed E-state index contributed by atoms with van der Waals surface area (Å²) in [6.07, 6.45) is 1.40. The Balaban J connectivity index is 1.98. The number of anilines is 1. The Morgan fingerprint density at radius 3 is 2.62 bits per heavy atom. The van der Waals surface area contributed by atoms with Crippen molar-refractivity contribution in [3.05, 3.63) is 40.2 Å². The van der Waals surface area contributed by atoms with Gasteiger partial charge in [0.15, 0.2) is 10.8 Å². The van der Waals surface area contributed by atoms with Crippen LogP contribution in [0, 0.1) is 0 Å². The van der Waals surface area contributed by atoms with Gasteiger partial charge in [0, 0.05) is 4.47 Å². The number of benzene rings is 1. The zero-order valence-corrected chi connectivity index (χ0v) is 13.4. The molecule has 1 aromatic carbocycles. The number of hydrogen-bond donors (Lipinski definition) is 2. The lowest BCUT2D eigenvalue weighted by Crippen LogP contribution is -2.15. The van der Waals surface area contributed by atoms with Crippen molar-refractivity contribution in [1.82, 2.24) is 19.9 Å². The zero-order chi connectivity index (χ0) is 15.0. The van der Waals surface area contributed by atoms with Crippen LogP contribution in [0.3, 0.4) is 0 Å². The third-order valence-corrected chi connectivity index (χ3v) is 4.74. The number of sulfonamides is 1. The van der Waals surface area contributed by atoms with Crippen molar-refractivity contribution in [1.29, 1.82) is 0 Å². The minimum Gasteiger partial charge on any atom is -0.341 e. The molecule has 2 aromatic heterocycles. The topological polar surface area (TPSA) is 101 Å². The molecule has 0 fully saturated rings. The molecule has 0 amide bonds. The molecule has 0 radical (unpaired) electrons. The minimum absolute atomic E-state index is 0.0889. The van der Waals surface area contributed by atoms with Crippen LogP contribution in [0.4, 0.5) is 5.95 Å². The normalized spacial score (nSPS) is 11.7. The highest BCUT2D eigenvalue weighted by Crippen LogP contribution is 2.21. The first kappa shape index (κ1) is 14.2. The first-order chi connectivity index (χ1) is 9.95. The fourth-order valence-corrected chi connectivity index (χ4v) is 3.06. The number of H-pyrrole nitrogens is 1. The van der Waals surface area contributed by atoms with E-state index in [0.29, 0.717) is 5.52 Å². The van der Waals surface area contributed by atoms with E-state index in [4.69, 9.17) is 11.6 Å². The van der Waals surface area contributed by atoms with Crippen LogP contribution in [0.15, 0.2) is 40.0 Å². The summed E-state index contributed by atoms with van der Waals surface area (Å²) in [5.74, 6) is -0.137. The molecule has 3 aromatic rings. The number of nitrogens with one attached hydrogen (secondary N) is 2. The van der Waals surface area contributed by atoms with Crippen LogP contribution >= 0.6 is 27.5 Å². The monoisotopic (exact) mass is 387 g/mol. The Kier molecular flexibility index (Phi) is 3.56. The maximum absolute atomic E-state index is 12.2. The summed E-state index contributed by atoms with van der Waals surface area (Å²) in [7, 11) is -3.79. The van der Waals surface area contributed by atoms with Crippen LogP contribution in [0.5, 0.6) is 0 Å². The maximum atomic E-state index is 12.2. The van der Waals surface area contributed by atoms with E-state index in [1.165, 1.54) is 18.5 Å². The number of aromatic amines is 1. The highest BCUT2D eigenvalue weighted by Gasteiger charge is 2.17. The molecule has 0 aliphatic heterocycles. The standard InChI is InChI=1S/C11H7BrClN5O2S/c12-6-1-3-7(4-2-6)21(19,20)18-11-16-9(13)8-10(17-11)15-5-14-8/h1-5H,(H2,14,15,16,17,18). The lowest BCUT2D eigenvalue weighted by Gasteiger charge is -2.07. The summed E-state index contributed by atoms with van der Waals surface area (Å²) in [5.41, 5.74) is 0.728. The van der Waals surface area contributed by atoms with E-state index in [1.54, 1.807) is 12.1 Å². The molecule has 0 aliphatic rings. The number of nitrogens with zero attached hydrogens (tertiary/aromatic N) is 3. The van der Waals surface area contributed by atoms with Gasteiger partial charge in [0.05, 0.1) is 11.2 Å². The van der Waals surface area contributed by atoms with Crippen LogP contribution < -0.4 is 4.72 Å². The Bertz CT molecular complexity index is 910. The molecule has 10 heteroatoms. The SMILES string of the molecule is O=S(=O)(Nc1nc(Cl)c2[nH]cnc2n1)c1ccc(Br)cc1. The van der Waals surface area contributed by atoms with Gasteiger partial charge in [-0.1, -0.05) is 27.5 Å². The summed E-state index contributed by atoms with van der Waals surface area (Å²) < 4.78 is 27.5. The Labute approximate surface area is 133 Å². The molecular weight excluding hydrogens is 382 g/mol. The van der Waals surface area contributed by atoms with E-state index < -0.39 is 10.0 Å². The maximum Gasteiger partial charge on any atom is 0.264 e. The summed E-state index contributed by atoms with van der Waals surface area (Å²) in [6, 6.07) is 6.17. The van der Waals surface area contributed by atoms with Crippen molar-refractivity contribution in [2.45, 2.75) is 4.90 Å². The van der Waals surface area contributed by atoms with Gasteiger partial charge in [-0.05, 0) is 24.3 Å². The predicted molar refractivity (Wildman–Crippen MR) is 81.6 cm³/mol. The van der Waals surface area contributed by atoms with Crippen molar-refractivity contribution in [2.24, 2.45) is 0 Å². The van der Waals surface area contributed by atoms with Gasteiger partial charge < -0.3 is 4.98 Å². The third-order valence-electron chi connectivity index (χ3n) is 2.59. The summed E-state index contributed by atoms with van der Waals surface area (Å²) in [5, 5.41) is 0.0889. The first-order valence-corrected chi connectivity index (χ1v) is 8.26. The zero-order valence-electron chi connectivity index (χ0n) is 10.2. The van der Waals surface area contributed by atoms with E-state index in [9.17, 15) is 8.42 Å². The van der Waals surface area contributed by atoms with Crippen molar-refractivity contribution < 1.29 is 8.42 Å². The van der Waals surface area contributed by atoms with Crippen LogP contribution in [-0.2, 0) is 10.0 Å². The summed E-state index contributed by atoms with van der Waals surface area (Å²) >= 11 is 9.18. The quantitative estimate of drug-likeness (QED) is 0.672. The van der Waals surface area contributed by atoms with E-state index in [1.807, 2.05) is 0 Å². The lowest BCUT2D eigenvalue weighted by atomic mass is 10.4. The molecule has 0 aliphatic carbocycles. The summed E-state index contributed by atoms with van der Waals surface area (Å²) in [4.78, 5) is 14.7. The van der Waals surface area contributed by atoms with Crippen LogP contribution in [0.2, 0.25) is 5.15 Å². The van der Waals surface area contributed by atoms with Gasteiger partial charge in [0.25, 0.3) is 10.0 Å². The predicted octanol–water partition coefficient (Wildman–Crippen LogP) is 2.57. The molecule has 0 bridgehead atoms. The van der Waals surface area contributed by atoms with Gasteiger partial charge in [-0.25, -0.2) is 18.1 Å². The fraction of sp³-hybridized carbons (Fsp3) is 0. The van der Waals surface area contributed by atoms with E-state index in [-0.39, 0.29) is 21.6 Å². The third kappa shape index (κ3) is 2.85. The van der Waals surface area contributed by atoms with Crippen LogP contribution in [0.1, 0.15) is 0 Å². The van der Waals surface area contributed by atoms with E-state index in [2.05, 4.69) is 40.6 Å². The van der Waals surface area contributed by atoms with Gasteiger partial charge >= 0.3 is 0 Å². The number of aromatic nitrogens is 4. The molecule has 108 valence electrons. The highest BCUT2D eigenvalue weighted by atomic mass is 79.9. The van der Waals surface area contributed by atoms with Crippen molar-refractivity contribution in [3.63, 3.8) is 0 Å². The van der Waals surface area contributed by atoms with Gasteiger partial charge in [-0.15, -0.1) is 0 Å². The largest absolute Gasteiger partial charge is 0.341 e. The van der Waals surface area contributed by atoms with Gasteiger partial charge in [-0.3, -0.25) is 0 Å². The Morgan fingerprint density at radius 1 is 1.19 bits per heavy atom. The molecule has 0 saturated carbocycles. The molecular formula is C11H7BrClN5O2S. The lowest BCUT2D eigenvalue weighted by molar-refractivity contribution is 0.601. The minimum atomic E-state index is -3.79. The van der Waals surface area contributed by atoms with Crippen LogP contribution in [-0.4, -0.2) is 28.4 Å².